The van der Waals surface area contributed by atoms with Crippen molar-refractivity contribution >= 4 is 12.7 Å². The van der Waals surface area contributed by atoms with Gasteiger partial charge in [-0.1, -0.05) is 0 Å². The third-order valence-corrected chi connectivity index (χ3v) is 1.00. The van der Waals surface area contributed by atoms with Crippen LogP contribution in [0.2, 0.25) is 0 Å². The highest BCUT2D eigenvalue weighted by Gasteiger charge is 2.12. The Hall–Kier alpha value is -0.805. The maximum Gasteiger partial charge on any atom is 0.507 e. The second-order valence-electron chi connectivity index (χ2n) is 1.84. The average molecular weight is 126 g/mol. The van der Waals surface area contributed by atoms with E-state index in [1.165, 1.54) is 0 Å². The lowest BCUT2D eigenvalue weighted by Gasteiger charge is -1.87. The van der Waals surface area contributed by atoms with E-state index in [2.05, 4.69) is 10.2 Å². The lowest BCUT2D eigenvalue weighted by molar-refractivity contribution is 0.424. The zero-order valence-corrected chi connectivity index (χ0v) is 5.00. The maximum atomic E-state index is 8.52. The van der Waals surface area contributed by atoms with Crippen molar-refractivity contribution in [1.82, 2.24) is 10.2 Å². The second kappa shape index (κ2) is 2.20. The molecule has 0 fully saturated rings. The minimum atomic E-state index is -1.44. The van der Waals surface area contributed by atoms with E-state index in [-0.39, 0.29) is 0 Å². The van der Waals surface area contributed by atoms with Crippen molar-refractivity contribution < 1.29 is 10.0 Å². The standard InChI is InChI=1S/C4H7BN2O2/c1-3-2-4(5(8)9)7-6-3/h2,8-9H,1H3,(H,6,7). The first-order chi connectivity index (χ1) is 4.20. The van der Waals surface area contributed by atoms with Gasteiger partial charge in [0.05, 0.1) is 11.3 Å². The van der Waals surface area contributed by atoms with Crippen LogP contribution in [-0.2, 0) is 0 Å². The molecule has 0 amide bonds. The highest BCUT2D eigenvalue weighted by molar-refractivity contribution is 6.57. The molecule has 0 atom stereocenters. The molecule has 1 rings (SSSR count). The van der Waals surface area contributed by atoms with Crippen LogP contribution in [0.25, 0.3) is 0 Å². The van der Waals surface area contributed by atoms with E-state index in [0.29, 0.717) is 5.59 Å². The van der Waals surface area contributed by atoms with Crippen LogP contribution in [0.4, 0.5) is 0 Å². The molecule has 0 aliphatic carbocycles. The Kier molecular flexibility index (Phi) is 1.55. The minimum Gasteiger partial charge on any atom is -0.422 e. The van der Waals surface area contributed by atoms with Crippen LogP contribution in [0.3, 0.4) is 0 Å². The van der Waals surface area contributed by atoms with Crippen LogP contribution in [0.5, 0.6) is 0 Å². The van der Waals surface area contributed by atoms with Crippen molar-refractivity contribution in [3.05, 3.63) is 11.8 Å². The fourth-order valence-electron chi connectivity index (χ4n) is 0.575. The van der Waals surface area contributed by atoms with Crippen LogP contribution in [-0.4, -0.2) is 27.4 Å². The molecule has 0 saturated carbocycles. The summed E-state index contributed by atoms with van der Waals surface area (Å²) < 4.78 is 0. The van der Waals surface area contributed by atoms with Gasteiger partial charge in [0.1, 0.15) is 0 Å². The number of aromatic amines is 1. The molecule has 0 aliphatic rings. The Morgan fingerprint density at radius 1 is 1.67 bits per heavy atom. The Morgan fingerprint density at radius 2 is 2.33 bits per heavy atom. The van der Waals surface area contributed by atoms with Gasteiger partial charge in [-0.25, -0.2) is 0 Å². The van der Waals surface area contributed by atoms with Crippen LogP contribution >= 0.6 is 0 Å². The van der Waals surface area contributed by atoms with Gasteiger partial charge in [0.15, 0.2) is 0 Å². The number of H-pyrrole nitrogens is 1. The topological polar surface area (TPSA) is 69.1 Å². The van der Waals surface area contributed by atoms with Crippen molar-refractivity contribution in [2.45, 2.75) is 6.92 Å². The molecule has 0 aromatic carbocycles. The molecule has 1 aromatic rings. The molecular weight excluding hydrogens is 119 g/mol. The average Bonchev–Trinajstić information content (AvgIpc) is 2.14. The summed E-state index contributed by atoms with van der Waals surface area (Å²) >= 11 is 0. The molecule has 0 radical (unpaired) electrons. The van der Waals surface area contributed by atoms with Crippen molar-refractivity contribution in [2.24, 2.45) is 0 Å². The SMILES string of the molecule is Cc1cc(B(O)O)[nH]n1. The van der Waals surface area contributed by atoms with Gasteiger partial charge in [0.25, 0.3) is 0 Å². The summed E-state index contributed by atoms with van der Waals surface area (Å²) in [6, 6.07) is 1.57. The minimum absolute atomic E-state index is 0.326. The third-order valence-electron chi connectivity index (χ3n) is 1.00. The monoisotopic (exact) mass is 126 g/mol. The summed E-state index contributed by atoms with van der Waals surface area (Å²) in [6.07, 6.45) is 0. The number of aromatic nitrogens is 2. The van der Waals surface area contributed by atoms with Gasteiger partial charge in [0.2, 0.25) is 0 Å². The molecule has 1 heterocycles. The summed E-state index contributed by atoms with van der Waals surface area (Å²) in [5.74, 6) is 0. The lowest BCUT2D eigenvalue weighted by atomic mass is 9.86. The molecule has 3 N–H and O–H groups in total. The number of nitrogens with zero attached hydrogens (tertiary/aromatic N) is 1. The van der Waals surface area contributed by atoms with Crippen LogP contribution in [0.1, 0.15) is 5.69 Å². The van der Waals surface area contributed by atoms with Gasteiger partial charge in [-0.3, -0.25) is 5.10 Å². The molecule has 0 saturated heterocycles. The smallest absolute Gasteiger partial charge is 0.422 e. The predicted octanol–water partition coefficient (Wildman–Crippen LogP) is -1.60. The summed E-state index contributed by atoms with van der Waals surface area (Å²) in [7, 11) is -1.44. The fraction of sp³-hybridized carbons (Fsp3) is 0.250. The van der Waals surface area contributed by atoms with Gasteiger partial charge in [-0.05, 0) is 13.0 Å². The zero-order valence-electron chi connectivity index (χ0n) is 5.00. The third kappa shape index (κ3) is 1.31. The molecule has 48 valence electrons. The van der Waals surface area contributed by atoms with Gasteiger partial charge in [0, 0.05) is 0 Å². The lowest BCUT2D eigenvalue weighted by Crippen LogP contribution is -2.30. The molecule has 0 spiro atoms. The summed E-state index contributed by atoms with van der Waals surface area (Å²) in [6.45, 7) is 1.77. The van der Waals surface area contributed by atoms with E-state index in [1.54, 1.807) is 13.0 Å². The summed E-state index contributed by atoms with van der Waals surface area (Å²) in [5, 5.41) is 23.2. The van der Waals surface area contributed by atoms with Gasteiger partial charge in [-0.15, -0.1) is 0 Å². The second-order valence-corrected chi connectivity index (χ2v) is 1.84. The molecule has 5 heteroatoms. The number of nitrogens with one attached hydrogen (secondary N) is 1. The number of aryl methyl sites for hydroxylation is 1. The molecule has 0 unspecified atom stereocenters. The maximum absolute atomic E-state index is 8.52. The van der Waals surface area contributed by atoms with Gasteiger partial charge >= 0.3 is 7.12 Å². The molecule has 4 nitrogen and oxygen atoms in total. The largest absolute Gasteiger partial charge is 0.507 e. The van der Waals surface area contributed by atoms with Gasteiger partial charge < -0.3 is 10.0 Å². The van der Waals surface area contributed by atoms with E-state index in [4.69, 9.17) is 10.0 Å². The molecule has 0 aliphatic heterocycles. The first-order valence-electron chi connectivity index (χ1n) is 2.58. The van der Waals surface area contributed by atoms with E-state index < -0.39 is 7.12 Å². The Morgan fingerprint density at radius 3 is 2.56 bits per heavy atom. The molecular formula is C4H7BN2O2. The highest BCUT2D eigenvalue weighted by Crippen LogP contribution is 1.83. The van der Waals surface area contributed by atoms with Crippen LogP contribution in [0, 0.1) is 6.92 Å². The van der Waals surface area contributed by atoms with Crippen molar-refractivity contribution in [2.75, 3.05) is 0 Å². The first kappa shape index (κ1) is 6.32. The Balaban J connectivity index is 2.85. The van der Waals surface area contributed by atoms with Crippen LogP contribution < -0.4 is 5.59 Å². The van der Waals surface area contributed by atoms with E-state index >= 15 is 0 Å². The summed E-state index contributed by atoms with van der Waals surface area (Å²) in [5.41, 5.74) is 1.07. The Bertz CT molecular complexity index is 198. The molecule has 1 aromatic heterocycles. The highest BCUT2D eigenvalue weighted by atomic mass is 16.4. The van der Waals surface area contributed by atoms with E-state index in [1.807, 2.05) is 0 Å². The first-order valence-corrected chi connectivity index (χ1v) is 2.58. The predicted molar refractivity (Wildman–Crippen MR) is 33.2 cm³/mol. The zero-order chi connectivity index (χ0) is 6.85. The summed E-state index contributed by atoms with van der Waals surface area (Å²) in [4.78, 5) is 0. The van der Waals surface area contributed by atoms with Crippen LogP contribution in [0.15, 0.2) is 6.07 Å². The number of hydrogen-bond acceptors (Lipinski definition) is 3. The number of hydrogen-bond donors (Lipinski definition) is 3. The van der Waals surface area contributed by atoms with E-state index in [0.717, 1.165) is 5.69 Å². The number of rotatable bonds is 1. The van der Waals surface area contributed by atoms with E-state index in [9.17, 15) is 0 Å². The van der Waals surface area contributed by atoms with Crippen molar-refractivity contribution in [3.63, 3.8) is 0 Å². The normalized spacial score (nSPS) is 9.67. The Labute approximate surface area is 52.7 Å². The van der Waals surface area contributed by atoms with Crippen molar-refractivity contribution in [3.8, 4) is 0 Å². The fourth-order valence-corrected chi connectivity index (χ4v) is 0.575. The quantitative estimate of drug-likeness (QED) is 0.397. The van der Waals surface area contributed by atoms with Crippen molar-refractivity contribution in [1.29, 1.82) is 0 Å². The molecule has 9 heavy (non-hydrogen) atoms. The molecule has 0 bridgehead atoms. The van der Waals surface area contributed by atoms with Gasteiger partial charge in [-0.2, -0.15) is 5.10 Å².